The van der Waals surface area contributed by atoms with Crippen LogP contribution in [0.15, 0.2) is 48.5 Å². The van der Waals surface area contributed by atoms with E-state index in [2.05, 4.69) is 5.32 Å². The van der Waals surface area contributed by atoms with Gasteiger partial charge in [0.2, 0.25) is 11.8 Å². The van der Waals surface area contributed by atoms with Crippen LogP contribution in [0.5, 0.6) is 0 Å². The summed E-state index contributed by atoms with van der Waals surface area (Å²) in [5.41, 5.74) is 0.185. The van der Waals surface area contributed by atoms with Gasteiger partial charge in [0.25, 0.3) is 5.91 Å². The SMILES string of the molecule is CN1C(=O)C(C)(Cc2ccccc2)N(C)C(=O)C1C1NC(=O)c2cccc(F)c21. The topological polar surface area (TPSA) is 69.7 Å². The highest BCUT2D eigenvalue weighted by Gasteiger charge is 2.55. The summed E-state index contributed by atoms with van der Waals surface area (Å²) < 4.78 is 14.5. The van der Waals surface area contributed by atoms with E-state index in [1.165, 1.54) is 35.0 Å². The van der Waals surface area contributed by atoms with Gasteiger partial charge >= 0.3 is 0 Å². The van der Waals surface area contributed by atoms with E-state index in [-0.39, 0.29) is 22.9 Å². The zero-order valence-electron chi connectivity index (χ0n) is 16.5. The summed E-state index contributed by atoms with van der Waals surface area (Å²) in [6, 6.07) is 11.8. The van der Waals surface area contributed by atoms with Crippen molar-refractivity contribution in [2.75, 3.05) is 14.1 Å². The number of fused-ring (bicyclic) bond motifs is 1. The van der Waals surface area contributed by atoms with Gasteiger partial charge in [-0.25, -0.2) is 4.39 Å². The fourth-order valence-electron chi connectivity index (χ4n) is 4.39. The second-order valence-electron chi connectivity index (χ2n) is 7.85. The quantitative estimate of drug-likeness (QED) is 0.863. The number of nitrogens with one attached hydrogen (secondary N) is 1. The standard InChI is InChI=1S/C22H22FN3O3/c1-22(12-13-8-5-4-6-9-13)21(29)25(2)18(20(28)26(22)3)17-16-14(19(27)24-17)10-7-11-15(16)23/h4-11,17-18H,12H2,1-3H3,(H,24,27). The average Bonchev–Trinajstić information content (AvgIpc) is 3.04. The Kier molecular flexibility index (Phi) is 4.41. The minimum atomic E-state index is -1.08. The van der Waals surface area contributed by atoms with Crippen molar-refractivity contribution in [1.82, 2.24) is 15.1 Å². The molecule has 2 aromatic carbocycles. The molecule has 3 atom stereocenters. The van der Waals surface area contributed by atoms with E-state index in [9.17, 15) is 18.8 Å². The van der Waals surface area contributed by atoms with E-state index >= 15 is 0 Å². The lowest BCUT2D eigenvalue weighted by atomic mass is 9.84. The van der Waals surface area contributed by atoms with Crippen molar-refractivity contribution in [3.05, 3.63) is 71.0 Å². The number of amides is 3. The molecule has 0 saturated carbocycles. The molecule has 0 spiro atoms. The number of hydrogen-bond acceptors (Lipinski definition) is 3. The lowest BCUT2D eigenvalue weighted by Crippen LogP contribution is -2.70. The first-order valence-corrected chi connectivity index (χ1v) is 9.44. The number of carbonyl (C=O) groups is 3. The largest absolute Gasteiger partial charge is 0.342 e. The van der Waals surface area contributed by atoms with Crippen molar-refractivity contribution in [3.8, 4) is 0 Å². The van der Waals surface area contributed by atoms with Crippen LogP contribution in [-0.4, -0.2) is 53.2 Å². The molecule has 6 nitrogen and oxygen atoms in total. The molecular formula is C22H22FN3O3. The number of benzene rings is 2. The minimum Gasteiger partial charge on any atom is -0.342 e. The summed E-state index contributed by atoms with van der Waals surface area (Å²) in [5, 5.41) is 2.69. The van der Waals surface area contributed by atoms with E-state index in [1.54, 1.807) is 14.0 Å². The highest BCUT2D eigenvalue weighted by Crippen LogP contribution is 2.37. The average molecular weight is 395 g/mol. The number of carbonyl (C=O) groups excluding carboxylic acids is 3. The molecule has 2 aromatic rings. The van der Waals surface area contributed by atoms with Crippen LogP contribution in [0.25, 0.3) is 0 Å². The molecule has 3 unspecified atom stereocenters. The molecule has 3 amide bonds. The number of likely N-dealkylation sites (N-methyl/N-ethyl adjacent to an activating group) is 2. The molecule has 0 aliphatic carbocycles. The van der Waals surface area contributed by atoms with E-state index in [0.717, 1.165) is 5.56 Å². The van der Waals surface area contributed by atoms with Gasteiger partial charge in [-0.3, -0.25) is 14.4 Å². The smallest absolute Gasteiger partial charge is 0.252 e. The molecule has 2 aliphatic heterocycles. The van der Waals surface area contributed by atoms with Gasteiger partial charge in [-0.1, -0.05) is 36.4 Å². The monoisotopic (exact) mass is 395 g/mol. The highest BCUT2D eigenvalue weighted by atomic mass is 19.1. The lowest BCUT2D eigenvalue weighted by molar-refractivity contribution is -0.167. The van der Waals surface area contributed by atoms with Crippen LogP contribution in [0.4, 0.5) is 4.39 Å². The third-order valence-corrected chi connectivity index (χ3v) is 6.12. The van der Waals surface area contributed by atoms with E-state index in [1.807, 2.05) is 30.3 Å². The number of rotatable bonds is 3. The maximum atomic E-state index is 14.5. The summed E-state index contributed by atoms with van der Waals surface area (Å²) >= 11 is 0. The molecule has 4 rings (SSSR count). The van der Waals surface area contributed by atoms with Crippen molar-refractivity contribution < 1.29 is 18.8 Å². The molecule has 0 aromatic heterocycles. The lowest BCUT2D eigenvalue weighted by Gasteiger charge is -2.49. The zero-order valence-corrected chi connectivity index (χ0v) is 16.5. The predicted molar refractivity (Wildman–Crippen MR) is 104 cm³/mol. The van der Waals surface area contributed by atoms with E-state index in [0.29, 0.717) is 6.42 Å². The van der Waals surface area contributed by atoms with Crippen LogP contribution in [0, 0.1) is 5.82 Å². The maximum absolute atomic E-state index is 14.5. The Labute approximate surface area is 168 Å². The molecule has 2 aliphatic rings. The van der Waals surface area contributed by atoms with Gasteiger partial charge in [0.1, 0.15) is 17.4 Å². The van der Waals surface area contributed by atoms with Gasteiger partial charge in [0.15, 0.2) is 0 Å². The van der Waals surface area contributed by atoms with Gasteiger partial charge in [-0.15, -0.1) is 0 Å². The summed E-state index contributed by atoms with van der Waals surface area (Å²) in [7, 11) is 3.12. The predicted octanol–water partition coefficient (Wildman–Crippen LogP) is 1.91. The van der Waals surface area contributed by atoms with Crippen LogP contribution in [0.2, 0.25) is 0 Å². The Bertz CT molecular complexity index is 1010. The normalized spacial score (nSPS) is 26.6. The molecular weight excluding hydrogens is 373 g/mol. The second kappa shape index (κ2) is 6.69. The van der Waals surface area contributed by atoms with Crippen molar-refractivity contribution in [2.45, 2.75) is 31.0 Å². The molecule has 29 heavy (non-hydrogen) atoms. The third kappa shape index (κ3) is 2.80. The second-order valence-corrected chi connectivity index (χ2v) is 7.85. The van der Waals surface area contributed by atoms with Crippen LogP contribution >= 0.6 is 0 Å². The molecule has 0 radical (unpaired) electrons. The van der Waals surface area contributed by atoms with Gasteiger partial charge in [0, 0.05) is 31.6 Å². The Morgan fingerprint density at radius 3 is 2.41 bits per heavy atom. The van der Waals surface area contributed by atoms with E-state index in [4.69, 9.17) is 0 Å². The van der Waals surface area contributed by atoms with E-state index < -0.39 is 29.3 Å². The van der Waals surface area contributed by atoms with Crippen molar-refractivity contribution in [2.24, 2.45) is 0 Å². The Morgan fingerprint density at radius 2 is 1.72 bits per heavy atom. The molecule has 2 heterocycles. The summed E-state index contributed by atoms with van der Waals surface area (Å²) in [6.45, 7) is 1.73. The first-order chi connectivity index (χ1) is 13.8. The van der Waals surface area contributed by atoms with Gasteiger partial charge in [-0.2, -0.15) is 0 Å². The van der Waals surface area contributed by atoms with Gasteiger partial charge < -0.3 is 15.1 Å². The van der Waals surface area contributed by atoms with Crippen LogP contribution < -0.4 is 5.32 Å². The zero-order chi connectivity index (χ0) is 20.9. The Hall–Kier alpha value is -3.22. The molecule has 150 valence electrons. The third-order valence-electron chi connectivity index (χ3n) is 6.12. The number of hydrogen-bond donors (Lipinski definition) is 1. The summed E-state index contributed by atoms with van der Waals surface area (Å²) in [5.74, 6) is -1.61. The van der Waals surface area contributed by atoms with Gasteiger partial charge in [-0.05, 0) is 24.6 Å². The minimum absolute atomic E-state index is 0.135. The molecule has 0 bridgehead atoms. The highest BCUT2D eigenvalue weighted by molar-refractivity contribution is 6.03. The summed E-state index contributed by atoms with van der Waals surface area (Å²) in [4.78, 5) is 41.8. The number of piperazine rings is 1. The van der Waals surface area contributed by atoms with Crippen molar-refractivity contribution >= 4 is 17.7 Å². The first kappa shape index (κ1) is 19.1. The molecule has 1 saturated heterocycles. The molecule has 7 heteroatoms. The summed E-state index contributed by atoms with van der Waals surface area (Å²) in [6.07, 6.45) is 0.355. The Morgan fingerprint density at radius 1 is 1.03 bits per heavy atom. The fraction of sp³-hybridized carbons (Fsp3) is 0.318. The van der Waals surface area contributed by atoms with Crippen molar-refractivity contribution in [3.63, 3.8) is 0 Å². The van der Waals surface area contributed by atoms with Crippen LogP contribution in [0.3, 0.4) is 0 Å². The van der Waals surface area contributed by atoms with Crippen LogP contribution in [-0.2, 0) is 16.0 Å². The van der Waals surface area contributed by atoms with Crippen LogP contribution in [0.1, 0.15) is 34.5 Å². The molecule has 1 fully saturated rings. The molecule has 1 N–H and O–H groups in total. The Balaban J connectivity index is 1.71. The first-order valence-electron chi connectivity index (χ1n) is 9.44. The van der Waals surface area contributed by atoms with Gasteiger partial charge in [0.05, 0.1) is 6.04 Å². The fourth-order valence-corrected chi connectivity index (χ4v) is 4.39. The number of nitrogens with zero attached hydrogens (tertiary/aromatic N) is 2. The van der Waals surface area contributed by atoms with Crippen molar-refractivity contribution in [1.29, 1.82) is 0 Å². The number of halogens is 1. The maximum Gasteiger partial charge on any atom is 0.252 e.